The fourth-order valence-corrected chi connectivity index (χ4v) is 1.64. The minimum atomic E-state index is 0.0695. The molecule has 0 bridgehead atoms. The zero-order valence-electron chi connectivity index (χ0n) is 8.50. The van der Waals surface area contributed by atoms with E-state index in [1.807, 2.05) is 30.3 Å². The van der Waals surface area contributed by atoms with Gasteiger partial charge in [0.05, 0.1) is 6.61 Å². The third-order valence-electron chi connectivity index (χ3n) is 2.09. The predicted molar refractivity (Wildman–Crippen MR) is 61.4 cm³/mol. The number of hydrogen-bond donors (Lipinski definition) is 1. The second-order valence-corrected chi connectivity index (χ2v) is 3.94. The van der Waals surface area contributed by atoms with Crippen LogP contribution < -0.4 is 0 Å². The van der Waals surface area contributed by atoms with Crippen LogP contribution in [0.3, 0.4) is 0 Å². The minimum Gasteiger partial charge on any atom is -0.392 e. The number of halogens is 1. The van der Waals surface area contributed by atoms with Gasteiger partial charge in [-0.2, -0.15) is 0 Å². The lowest BCUT2D eigenvalue weighted by Gasteiger charge is -2.11. The number of aliphatic hydroxyl groups is 1. The van der Waals surface area contributed by atoms with E-state index in [4.69, 9.17) is 16.7 Å². The Morgan fingerprint density at radius 1 is 1.50 bits per heavy atom. The fourth-order valence-electron chi connectivity index (χ4n) is 1.45. The molecule has 2 heteroatoms. The molecule has 0 aromatic heterocycles. The molecule has 1 aromatic rings. The van der Waals surface area contributed by atoms with Gasteiger partial charge in [-0.3, -0.25) is 0 Å². The second-order valence-electron chi connectivity index (χ2n) is 3.51. The molecule has 0 saturated heterocycles. The van der Waals surface area contributed by atoms with Crippen molar-refractivity contribution in [2.45, 2.75) is 13.8 Å². The van der Waals surface area contributed by atoms with Crippen LogP contribution in [0.15, 0.2) is 30.3 Å². The Balaban J connectivity index is 3.06. The molecule has 0 aliphatic heterocycles. The fraction of sp³-hybridized carbons (Fsp3) is 0.333. The highest BCUT2D eigenvalue weighted by Crippen LogP contribution is 2.24. The van der Waals surface area contributed by atoms with Gasteiger partial charge in [-0.25, -0.2) is 0 Å². The van der Waals surface area contributed by atoms with E-state index >= 15 is 0 Å². The van der Waals surface area contributed by atoms with Crippen molar-refractivity contribution in [1.29, 1.82) is 0 Å². The number of hydrogen-bond acceptors (Lipinski definition) is 1. The zero-order chi connectivity index (χ0) is 10.6. The van der Waals surface area contributed by atoms with Crippen molar-refractivity contribution in [3.63, 3.8) is 0 Å². The Morgan fingerprint density at radius 2 is 2.21 bits per heavy atom. The first-order chi connectivity index (χ1) is 6.65. The summed E-state index contributed by atoms with van der Waals surface area (Å²) >= 11 is 5.90. The topological polar surface area (TPSA) is 20.2 Å². The van der Waals surface area contributed by atoms with Crippen LogP contribution >= 0.6 is 11.6 Å². The molecule has 76 valence electrons. The van der Waals surface area contributed by atoms with E-state index in [2.05, 4.69) is 13.8 Å². The van der Waals surface area contributed by atoms with Crippen LogP contribution in [0.5, 0.6) is 0 Å². The van der Waals surface area contributed by atoms with Crippen molar-refractivity contribution < 1.29 is 5.11 Å². The summed E-state index contributed by atoms with van der Waals surface area (Å²) in [5.41, 5.74) is 2.22. The van der Waals surface area contributed by atoms with Gasteiger partial charge in [0.2, 0.25) is 0 Å². The van der Waals surface area contributed by atoms with Crippen LogP contribution in [0.25, 0.3) is 5.57 Å². The molecule has 1 N–H and O–H groups in total. The minimum absolute atomic E-state index is 0.0695. The summed E-state index contributed by atoms with van der Waals surface area (Å²) in [5, 5.41) is 9.64. The maximum Gasteiger partial charge on any atom is 0.0618 e. The molecule has 0 fully saturated rings. The maximum atomic E-state index is 8.91. The highest BCUT2D eigenvalue weighted by molar-refractivity contribution is 6.30. The summed E-state index contributed by atoms with van der Waals surface area (Å²) in [4.78, 5) is 0. The number of rotatable bonds is 3. The average Bonchev–Trinajstić information content (AvgIpc) is 2.13. The molecule has 0 saturated carbocycles. The maximum absolute atomic E-state index is 8.91. The van der Waals surface area contributed by atoms with E-state index in [9.17, 15) is 0 Å². The smallest absolute Gasteiger partial charge is 0.0618 e. The van der Waals surface area contributed by atoms with E-state index in [0.29, 0.717) is 5.92 Å². The quantitative estimate of drug-likeness (QED) is 0.811. The Morgan fingerprint density at radius 3 is 2.71 bits per heavy atom. The molecule has 1 aromatic carbocycles. The third kappa shape index (κ3) is 2.86. The summed E-state index contributed by atoms with van der Waals surface area (Å²) in [5.74, 6) is 0.389. The summed E-state index contributed by atoms with van der Waals surface area (Å²) in [6.45, 7) is 4.27. The van der Waals surface area contributed by atoms with Gasteiger partial charge >= 0.3 is 0 Å². The molecule has 0 spiro atoms. The van der Waals surface area contributed by atoms with Crippen molar-refractivity contribution in [3.05, 3.63) is 40.9 Å². The predicted octanol–water partition coefficient (Wildman–Crippen LogP) is 3.37. The lowest BCUT2D eigenvalue weighted by Crippen LogP contribution is -1.95. The first-order valence-corrected chi connectivity index (χ1v) is 5.09. The van der Waals surface area contributed by atoms with Crippen molar-refractivity contribution in [2.75, 3.05) is 6.61 Å². The van der Waals surface area contributed by atoms with Crippen molar-refractivity contribution in [3.8, 4) is 0 Å². The third-order valence-corrected chi connectivity index (χ3v) is 2.33. The van der Waals surface area contributed by atoms with Gasteiger partial charge in [-0.05, 0) is 29.2 Å². The molecule has 0 unspecified atom stereocenters. The van der Waals surface area contributed by atoms with Crippen LogP contribution in [0, 0.1) is 5.92 Å². The van der Waals surface area contributed by atoms with Gasteiger partial charge in [0.25, 0.3) is 0 Å². The van der Waals surface area contributed by atoms with Gasteiger partial charge in [0.1, 0.15) is 0 Å². The lowest BCUT2D eigenvalue weighted by atomic mass is 9.95. The van der Waals surface area contributed by atoms with Crippen LogP contribution in [0.4, 0.5) is 0 Å². The summed E-state index contributed by atoms with van der Waals surface area (Å²) in [6.07, 6.45) is 1.83. The van der Waals surface area contributed by atoms with Crippen LogP contribution in [-0.4, -0.2) is 11.7 Å². The Hall–Kier alpha value is -0.790. The summed E-state index contributed by atoms with van der Waals surface area (Å²) in [6, 6.07) is 7.70. The molecule has 0 radical (unpaired) electrons. The number of allylic oxidation sites excluding steroid dienone is 1. The van der Waals surface area contributed by atoms with E-state index in [-0.39, 0.29) is 6.61 Å². The van der Waals surface area contributed by atoms with E-state index < -0.39 is 0 Å². The first-order valence-electron chi connectivity index (χ1n) is 4.72. The van der Waals surface area contributed by atoms with Crippen molar-refractivity contribution in [1.82, 2.24) is 0 Å². The van der Waals surface area contributed by atoms with E-state index in [1.54, 1.807) is 0 Å². The van der Waals surface area contributed by atoms with Gasteiger partial charge in [0, 0.05) is 5.02 Å². The average molecular weight is 211 g/mol. The van der Waals surface area contributed by atoms with Gasteiger partial charge in [-0.1, -0.05) is 43.7 Å². The molecule has 1 nitrogen and oxygen atoms in total. The normalized spacial score (nSPS) is 12.2. The molecular weight excluding hydrogens is 196 g/mol. The first kappa shape index (κ1) is 11.3. The number of aliphatic hydroxyl groups excluding tert-OH is 1. The largest absolute Gasteiger partial charge is 0.392 e. The van der Waals surface area contributed by atoms with E-state index in [0.717, 1.165) is 16.2 Å². The van der Waals surface area contributed by atoms with Crippen molar-refractivity contribution >= 4 is 17.2 Å². The highest BCUT2D eigenvalue weighted by Gasteiger charge is 2.05. The van der Waals surface area contributed by atoms with Gasteiger partial charge < -0.3 is 5.11 Å². The molecule has 0 aliphatic carbocycles. The molecular formula is C12H15ClO. The SMILES string of the molecule is CC(C)/C(=C/CO)c1cccc(Cl)c1. The molecule has 0 heterocycles. The lowest BCUT2D eigenvalue weighted by molar-refractivity contribution is 0.342. The number of benzene rings is 1. The van der Waals surface area contributed by atoms with Crippen molar-refractivity contribution in [2.24, 2.45) is 5.92 Å². The standard InChI is InChI=1S/C12H15ClO/c1-9(2)12(6-7-14)10-4-3-5-11(13)8-10/h3-6,8-9,14H,7H2,1-2H3/b12-6-. The zero-order valence-corrected chi connectivity index (χ0v) is 9.25. The molecule has 14 heavy (non-hydrogen) atoms. The van der Waals surface area contributed by atoms with Gasteiger partial charge in [0.15, 0.2) is 0 Å². The monoisotopic (exact) mass is 210 g/mol. The Kier molecular flexibility index (Phi) is 4.18. The summed E-state index contributed by atoms with van der Waals surface area (Å²) in [7, 11) is 0. The molecule has 0 amide bonds. The highest BCUT2D eigenvalue weighted by atomic mass is 35.5. The molecule has 0 atom stereocenters. The van der Waals surface area contributed by atoms with E-state index in [1.165, 1.54) is 0 Å². The second kappa shape index (κ2) is 5.18. The van der Waals surface area contributed by atoms with Crippen LogP contribution in [0.1, 0.15) is 19.4 Å². The Labute approximate surface area is 90.0 Å². The van der Waals surface area contributed by atoms with Crippen LogP contribution in [0.2, 0.25) is 5.02 Å². The van der Waals surface area contributed by atoms with Gasteiger partial charge in [-0.15, -0.1) is 0 Å². The molecule has 1 rings (SSSR count). The Bertz CT molecular complexity index is 329. The molecule has 0 aliphatic rings. The summed E-state index contributed by atoms with van der Waals surface area (Å²) < 4.78 is 0. The van der Waals surface area contributed by atoms with Crippen LogP contribution in [-0.2, 0) is 0 Å².